The van der Waals surface area contributed by atoms with Gasteiger partial charge in [0, 0.05) is 30.5 Å². The van der Waals surface area contributed by atoms with E-state index in [-0.39, 0.29) is 25.3 Å². The highest BCUT2D eigenvalue weighted by Crippen LogP contribution is 2.45. The summed E-state index contributed by atoms with van der Waals surface area (Å²) in [6.45, 7) is -0.821. The van der Waals surface area contributed by atoms with Crippen LogP contribution in [0.5, 0.6) is 0 Å². The van der Waals surface area contributed by atoms with Gasteiger partial charge < -0.3 is 30.7 Å². The molecule has 14 heteroatoms. The van der Waals surface area contributed by atoms with Crippen molar-refractivity contribution in [1.29, 1.82) is 0 Å². The number of ether oxygens (including phenoxy) is 2. The van der Waals surface area contributed by atoms with Crippen LogP contribution in [0, 0.1) is 5.92 Å². The number of carbonyl (C=O) groups is 5. The maximum atomic E-state index is 13.9. The minimum Gasteiger partial charge on any atom is -0.447 e. The summed E-state index contributed by atoms with van der Waals surface area (Å²) in [5, 5.41) is 5.86. The Morgan fingerprint density at radius 2 is 1.95 bits per heavy atom. The minimum atomic E-state index is -1.27. The molecule has 12 nitrogen and oxygen atoms in total. The molecule has 0 spiro atoms. The van der Waals surface area contributed by atoms with E-state index in [0.717, 1.165) is 30.4 Å². The molecule has 238 valence electrons. The number of nitrogens with one attached hydrogen (secondary N) is 2. The third-order valence-corrected chi connectivity index (χ3v) is 8.93. The van der Waals surface area contributed by atoms with E-state index in [4.69, 9.17) is 26.8 Å². The second kappa shape index (κ2) is 13.4. The van der Waals surface area contributed by atoms with Crippen LogP contribution >= 0.6 is 11.6 Å². The van der Waals surface area contributed by atoms with Crippen LogP contribution in [-0.4, -0.2) is 83.3 Å². The van der Waals surface area contributed by atoms with Gasteiger partial charge in [0.2, 0.25) is 17.7 Å². The first-order valence-electron chi connectivity index (χ1n) is 14.9. The number of rotatable bonds is 5. The smallest absolute Gasteiger partial charge is 0.410 e. The molecule has 0 bridgehead atoms. The molecule has 5 rings (SSSR count). The second-order valence-corrected chi connectivity index (χ2v) is 12.2. The lowest BCUT2D eigenvalue weighted by Crippen LogP contribution is -2.57. The van der Waals surface area contributed by atoms with Gasteiger partial charge in [0.1, 0.15) is 37.0 Å². The summed E-state index contributed by atoms with van der Waals surface area (Å²) >= 11 is 6.10. The van der Waals surface area contributed by atoms with Crippen LogP contribution in [0.4, 0.5) is 14.0 Å². The van der Waals surface area contributed by atoms with Crippen molar-refractivity contribution in [3.63, 3.8) is 0 Å². The molecule has 0 radical (unpaired) electrons. The maximum Gasteiger partial charge on any atom is 0.410 e. The van der Waals surface area contributed by atoms with E-state index < -0.39 is 66.9 Å². The average molecular weight is 634 g/mol. The largest absolute Gasteiger partial charge is 0.447 e. The summed E-state index contributed by atoms with van der Waals surface area (Å²) in [6.07, 6.45) is 4.91. The van der Waals surface area contributed by atoms with Gasteiger partial charge in [-0.25, -0.2) is 14.0 Å². The number of amides is 5. The van der Waals surface area contributed by atoms with Gasteiger partial charge in [-0.2, -0.15) is 0 Å². The fraction of sp³-hybridized carbons (Fsp3) is 0.567. The van der Waals surface area contributed by atoms with Crippen LogP contribution in [0.3, 0.4) is 0 Å². The first-order chi connectivity index (χ1) is 21.1. The molecule has 1 saturated carbocycles. The van der Waals surface area contributed by atoms with Crippen molar-refractivity contribution < 1.29 is 37.8 Å². The zero-order chi connectivity index (χ0) is 31.4. The van der Waals surface area contributed by atoms with Crippen molar-refractivity contribution >= 4 is 41.5 Å². The van der Waals surface area contributed by atoms with E-state index in [0.29, 0.717) is 31.0 Å². The molecule has 3 heterocycles. The lowest BCUT2D eigenvalue weighted by atomic mass is 10.1. The molecule has 1 saturated heterocycles. The first-order valence-corrected chi connectivity index (χ1v) is 15.3. The van der Waals surface area contributed by atoms with Gasteiger partial charge in [-0.1, -0.05) is 42.7 Å². The molecular formula is C30H37ClFN5O7. The van der Waals surface area contributed by atoms with E-state index in [1.54, 1.807) is 12.1 Å². The number of primary amides is 1. The summed E-state index contributed by atoms with van der Waals surface area (Å²) in [5.41, 5.74) is 6.29. The Morgan fingerprint density at radius 1 is 1.16 bits per heavy atom. The molecule has 0 unspecified atom stereocenters. The number of carbonyl (C=O) groups excluding carboxylic acids is 5. The fourth-order valence-electron chi connectivity index (χ4n) is 6.22. The lowest BCUT2D eigenvalue weighted by Gasteiger charge is -2.29. The molecule has 0 aromatic heterocycles. The number of nitrogens with zero attached hydrogens (tertiary/aromatic N) is 2. The number of hydrogen-bond donors (Lipinski definition) is 3. The molecule has 4 N–H and O–H groups in total. The predicted molar refractivity (Wildman–Crippen MR) is 156 cm³/mol. The first kappa shape index (κ1) is 31.6. The SMILES string of the molecule is NC(=O)[C@@]12C[C@H]1/C=C\CCCCC[C@H](NC(=O)OCCF)C(=O)N1C[C@H](OC(=O)N3Cc4ccc(Cl)cc4C3)C[C@H]1C(=O)N2. The summed E-state index contributed by atoms with van der Waals surface area (Å²) in [6, 6.07) is 3.22. The lowest BCUT2D eigenvalue weighted by molar-refractivity contribution is -0.141. The molecule has 1 aromatic rings. The van der Waals surface area contributed by atoms with Crippen molar-refractivity contribution in [2.24, 2.45) is 11.7 Å². The van der Waals surface area contributed by atoms with Crippen LogP contribution in [0.15, 0.2) is 30.4 Å². The Balaban J connectivity index is 1.35. The Bertz CT molecular complexity index is 1340. The van der Waals surface area contributed by atoms with Crippen molar-refractivity contribution in [3.05, 3.63) is 46.5 Å². The number of fused-ring (bicyclic) bond motifs is 3. The zero-order valence-electron chi connectivity index (χ0n) is 24.3. The molecule has 5 amide bonds. The van der Waals surface area contributed by atoms with E-state index in [1.165, 1.54) is 9.80 Å². The standard InChI is InChI=1S/C30H37ClFN5O7/c31-21-9-8-18-15-36(16-19(18)12-21)29(42)44-22-13-24-25(38)35-30(27(33)40)14-20(30)6-4-2-1-3-5-7-23(26(39)37(24)17-22)34-28(41)43-11-10-32/h4,6,8-9,12,20,22-24H,1-3,5,7,10-11,13-17H2,(H2,33,40)(H,34,41)(H,35,38)/b6-4-/t20-,22-,23+,24+,30-/m1/s1. The zero-order valence-corrected chi connectivity index (χ0v) is 25.0. The molecule has 2 fully saturated rings. The fourth-order valence-corrected chi connectivity index (χ4v) is 6.41. The molecular weight excluding hydrogens is 597 g/mol. The molecule has 1 aliphatic carbocycles. The average Bonchev–Trinajstić information content (AvgIpc) is 3.30. The van der Waals surface area contributed by atoms with Crippen LogP contribution in [0.1, 0.15) is 56.1 Å². The summed E-state index contributed by atoms with van der Waals surface area (Å²) in [5.74, 6) is -2.12. The van der Waals surface area contributed by atoms with Crippen LogP contribution in [-0.2, 0) is 36.9 Å². The van der Waals surface area contributed by atoms with Gasteiger partial charge in [0.25, 0.3) is 0 Å². The number of alkyl halides is 1. The molecule has 5 atom stereocenters. The number of hydrogen-bond acceptors (Lipinski definition) is 7. The van der Waals surface area contributed by atoms with Gasteiger partial charge in [0.15, 0.2) is 0 Å². The Hall–Kier alpha value is -3.87. The summed E-state index contributed by atoms with van der Waals surface area (Å²) < 4.78 is 23.2. The normalized spacial score (nSPS) is 29.2. The quantitative estimate of drug-likeness (QED) is 0.420. The number of nitrogens with two attached hydrogens (primary N) is 1. The van der Waals surface area contributed by atoms with Gasteiger partial charge in [0.05, 0.1) is 6.54 Å². The minimum absolute atomic E-state index is 0.0235. The number of benzene rings is 1. The summed E-state index contributed by atoms with van der Waals surface area (Å²) in [7, 11) is 0. The second-order valence-electron chi connectivity index (χ2n) is 11.7. The number of halogens is 2. The van der Waals surface area contributed by atoms with Gasteiger partial charge in [-0.05, 0) is 48.9 Å². The molecule has 44 heavy (non-hydrogen) atoms. The van der Waals surface area contributed by atoms with E-state index in [9.17, 15) is 28.4 Å². The van der Waals surface area contributed by atoms with Gasteiger partial charge >= 0.3 is 12.2 Å². The number of alkyl carbamates (subject to hydrolysis) is 1. The highest BCUT2D eigenvalue weighted by atomic mass is 35.5. The topological polar surface area (TPSA) is 160 Å². The summed E-state index contributed by atoms with van der Waals surface area (Å²) in [4.78, 5) is 68.4. The third-order valence-electron chi connectivity index (χ3n) is 8.70. The van der Waals surface area contributed by atoms with E-state index >= 15 is 0 Å². The monoisotopic (exact) mass is 633 g/mol. The van der Waals surface area contributed by atoms with E-state index in [1.807, 2.05) is 18.2 Å². The maximum absolute atomic E-state index is 13.9. The highest BCUT2D eigenvalue weighted by molar-refractivity contribution is 6.30. The van der Waals surface area contributed by atoms with Crippen LogP contribution in [0.25, 0.3) is 0 Å². The Kier molecular flexibility index (Phi) is 9.62. The van der Waals surface area contributed by atoms with Gasteiger partial charge in [-0.15, -0.1) is 0 Å². The van der Waals surface area contributed by atoms with Crippen molar-refractivity contribution in [2.45, 2.75) is 81.8 Å². The Morgan fingerprint density at radius 3 is 2.73 bits per heavy atom. The number of allylic oxidation sites excluding steroid dienone is 1. The van der Waals surface area contributed by atoms with Crippen molar-refractivity contribution in [3.8, 4) is 0 Å². The highest BCUT2D eigenvalue weighted by Gasteiger charge is 2.60. The van der Waals surface area contributed by atoms with E-state index in [2.05, 4.69) is 10.6 Å². The van der Waals surface area contributed by atoms with Crippen molar-refractivity contribution in [1.82, 2.24) is 20.4 Å². The van der Waals surface area contributed by atoms with Crippen molar-refractivity contribution in [2.75, 3.05) is 19.8 Å². The predicted octanol–water partition coefficient (Wildman–Crippen LogP) is 2.71. The molecule has 3 aliphatic heterocycles. The van der Waals surface area contributed by atoms with Crippen LogP contribution in [0.2, 0.25) is 5.02 Å². The molecule has 4 aliphatic rings. The third kappa shape index (κ3) is 6.92. The van der Waals surface area contributed by atoms with Crippen LogP contribution < -0.4 is 16.4 Å². The van der Waals surface area contributed by atoms with Gasteiger partial charge in [-0.3, -0.25) is 19.3 Å². The Labute approximate surface area is 259 Å². The molecule has 1 aromatic carbocycles.